The summed E-state index contributed by atoms with van der Waals surface area (Å²) >= 11 is 1.99. The highest BCUT2D eigenvalue weighted by molar-refractivity contribution is 7.20. The zero-order chi connectivity index (χ0) is 45.6. The van der Waals surface area contributed by atoms with Crippen molar-refractivity contribution >= 4 is 38.7 Å². The van der Waals surface area contributed by atoms with Gasteiger partial charge in [-0.25, -0.2) is 4.99 Å². The number of aliphatic imine (C=N–C) groups is 1. The number of nitrogens with one attached hydrogen (secondary N) is 2. The zero-order valence-corrected chi connectivity index (χ0v) is 40.8. The molecule has 3 heterocycles. The molecule has 4 unspecified atom stereocenters. The van der Waals surface area contributed by atoms with E-state index in [1.54, 1.807) is 11.1 Å². The van der Waals surface area contributed by atoms with Crippen molar-refractivity contribution < 1.29 is 0 Å². The quantitative estimate of drug-likeness (QED) is 0.219. The molecule has 2 aliphatic heterocycles. The lowest BCUT2D eigenvalue weighted by atomic mass is 9.76. The number of hydrogen-bond donors (Lipinski definition) is 3. The molecule has 12 rings (SSSR count). The van der Waals surface area contributed by atoms with E-state index in [1.807, 2.05) is 11.3 Å². The van der Waals surface area contributed by atoms with Gasteiger partial charge in [-0.1, -0.05) is 109 Å². The second kappa shape index (κ2) is 19.0. The molecule has 346 valence electrons. The number of allylic oxidation sites excluding steroid dienone is 21. The average Bonchev–Trinajstić information content (AvgIpc) is 3.97. The molecule has 0 amide bonds. The first-order valence-corrected chi connectivity index (χ1v) is 27.0. The minimum atomic E-state index is -0.288. The van der Waals surface area contributed by atoms with Gasteiger partial charge in [0, 0.05) is 44.1 Å². The van der Waals surface area contributed by atoms with Crippen LogP contribution in [0.25, 0.3) is 21.5 Å². The normalized spacial score (nSPS) is 27.3. The van der Waals surface area contributed by atoms with Crippen LogP contribution in [0.4, 0.5) is 0 Å². The summed E-state index contributed by atoms with van der Waals surface area (Å²) < 4.78 is 1.33. The second-order valence-corrected chi connectivity index (χ2v) is 21.4. The molecule has 5 nitrogen and oxygen atoms in total. The van der Waals surface area contributed by atoms with Gasteiger partial charge in [0.1, 0.15) is 18.2 Å². The zero-order valence-electron chi connectivity index (χ0n) is 40.0. The molecule has 1 aromatic carbocycles. The van der Waals surface area contributed by atoms with Gasteiger partial charge >= 0.3 is 0 Å². The molecular weight excluding hydrogens is 847 g/mol. The Bertz CT molecular complexity index is 2950. The van der Waals surface area contributed by atoms with Crippen molar-refractivity contribution in [3.63, 3.8) is 0 Å². The van der Waals surface area contributed by atoms with Crippen LogP contribution in [-0.4, -0.2) is 29.1 Å². The molecule has 0 saturated heterocycles. The van der Waals surface area contributed by atoms with E-state index in [0.717, 1.165) is 99.7 Å². The maximum Gasteiger partial charge on any atom is 0.131 e. The Hall–Kier alpha value is -5.69. The Morgan fingerprint density at radius 2 is 1.68 bits per heavy atom. The van der Waals surface area contributed by atoms with Crippen LogP contribution in [0.2, 0.25) is 0 Å². The largest absolute Gasteiger partial charge is 0.398 e. The van der Waals surface area contributed by atoms with Crippen molar-refractivity contribution in [3.8, 4) is 0 Å². The Morgan fingerprint density at radius 3 is 2.47 bits per heavy atom. The van der Waals surface area contributed by atoms with Gasteiger partial charge in [-0.3, -0.25) is 5.32 Å². The van der Waals surface area contributed by atoms with Crippen LogP contribution in [0.15, 0.2) is 188 Å². The van der Waals surface area contributed by atoms with E-state index in [-0.39, 0.29) is 12.3 Å². The van der Waals surface area contributed by atoms with Crippen LogP contribution in [0, 0.1) is 5.92 Å². The van der Waals surface area contributed by atoms with Crippen molar-refractivity contribution in [2.45, 2.75) is 141 Å². The van der Waals surface area contributed by atoms with E-state index in [4.69, 9.17) is 10.7 Å². The Balaban J connectivity index is 1.03. The van der Waals surface area contributed by atoms with Crippen molar-refractivity contribution in [2.24, 2.45) is 16.6 Å². The minimum absolute atomic E-state index is 0.175. The summed E-state index contributed by atoms with van der Waals surface area (Å²) in [6.07, 6.45) is 60.3. The highest BCUT2D eigenvalue weighted by Crippen LogP contribution is 2.55. The van der Waals surface area contributed by atoms with Crippen molar-refractivity contribution in [1.82, 2.24) is 15.5 Å². The van der Waals surface area contributed by atoms with Gasteiger partial charge in [0.15, 0.2) is 0 Å². The first kappa shape index (κ1) is 43.6. The molecular formula is C62H67N5S. The number of thiophene rings is 1. The van der Waals surface area contributed by atoms with Crippen LogP contribution in [0.1, 0.15) is 132 Å². The first-order chi connectivity index (χ1) is 33.6. The third-order valence-electron chi connectivity index (χ3n) is 16.2. The molecule has 4 N–H and O–H groups in total. The highest BCUT2D eigenvalue weighted by atomic mass is 32.1. The number of nitrogens with zero attached hydrogens (tertiary/aromatic N) is 2. The molecule has 8 aliphatic carbocycles. The summed E-state index contributed by atoms with van der Waals surface area (Å²) in [5.74, 6) is 1.24. The molecule has 0 saturated carbocycles. The van der Waals surface area contributed by atoms with E-state index in [0.29, 0.717) is 12.0 Å². The average molecular weight is 914 g/mol. The summed E-state index contributed by atoms with van der Waals surface area (Å²) in [5.41, 5.74) is 28.2. The number of amidine groups is 1. The van der Waals surface area contributed by atoms with E-state index >= 15 is 0 Å². The van der Waals surface area contributed by atoms with E-state index in [1.165, 1.54) is 109 Å². The van der Waals surface area contributed by atoms with Crippen LogP contribution in [0.3, 0.4) is 0 Å². The Morgan fingerprint density at radius 1 is 0.809 bits per heavy atom. The lowest BCUT2D eigenvalue weighted by molar-refractivity contribution is 0.370. The van der Waals surface area contributed by atoms with Crippen LogP contribution in [-0.2, 0) is 6.42 Å². The van der Waals surface area contributed by atoms with Gasteiger partial charge in [-0.05, 0) is 185 Å². The fraction of sp³-hybridized carbons (Fsp3) is 0.371. The summed E-state index contributed by atoms with van der Waals surface area (Å²) in [4.78, 5) is 9.67. The number of hydrogen-bond acceptors (Lipinski definition) is 6. The molecule has 1 aromatic heterocycles. The first-order valence-electron chi connectivity index (χ1n) is 26.2. The molecule has 68 heavy (non-hydrogen) atoms. The Labute approximate surface area is 408 Å². The Kier molecular flexibility index (Phi) is 12.2. The molecule has 0 bridgehead atoms. The summed E-state index contributed by atoms with van der Waals surface area (Å²) in [6, 6.07) is 7.37. The third kappa shape index (κ3) is 8.15. The number of rotatable bonds is 9. The van der Waals surface area contributed by atoms with Crippen molar-refractivity contribution in [1.29, 1.82) is 0 Å². The van der Waals surface area contributed by atoms with E-state index in [9.17, 15) is 0 Å². The smallest absolute Gasteiger partial charge is 0.131 e. The van der Waals surface area contributed by atoms with Crippen LogP contribution < -0.4 is 16.4 Å². The summed E-state index contributed by atoms with van der Waals surface area (Å²) in [5, 5.41) is 9.39. The number of fused-ring (bicyclic) bond motifs is 6. The van der Waals surface area contributed by atoms with Gasteiger partial charge in [0.2, 0.25) is 0 Å². The van der Waals surface area contributed by atoms with Gasteiger partial charge in [-0.15, -0.1) is 11.3 Å². The monoisotopic (exact) mass is 914 g/mol. The van der Waals surface area contributed by atoms with Crippen LogP contribution >= 0.6 is 11.3 Å². The second-order valence-electron chi connectivity index (χ2n) is 20.4. The molecule has 0 fully saturated rings. The lowest BCUT2D eigenvalue weighted by Gasteiger charge is -2.35. The topological polar surface area (TPSA) is 65.7 Å². The van der Waals surface area contributed by atoms with Gasteiger partial charge in [0.05, 0.1) is 16.6 Å². The van der Waals surface area contributed by atoms with E-state index in [2.05, 4.69) is 144 Å². The minimum Gasteiger partial charge on any atom is -0.398 e. The molecule has 0 spiro atoms. The third-order valence-corrected chi connectivity index (χ3v) is 17.4. The van der Waals surface area contributed by atoms with Gasteiger partial charge < -0.3 is 16.0 Å². The van der Waals surface area contributed by atoms with Crippen LogP contribution in [0.5, 0.6) is 0 Å². The molecule has 4 atom stereocenters. The number of nitrogens with two attached hydrogens (primary N) is 1. The molecule has 10 aliphatic rings. The fourth-order valence-corrected chi connectivity index (χ4v) is 14.1. The molecule has 6 heteroatoms. The summed E-state index contributed by atoms with van der Waals surface area (Å²) in [7, 11) is 0. The fourth-order valence-electron chi connectivity index (χ4n) is 12.8. The predicted molar refractivity (Wildman–Crippen MR) is 287 cm³/mol. The standard InChI is InChI=1S/C62H67N5S/c1-40(52-39-45(41-20-7-2-8-21-41)34-35-47(52)42-22-9-3-10-23-42)38-53(62-65-60(43-24-11-4-12-25-43)64-61(66-62)44-26-13-5-14-27-44)57(63)50-31-19-33-55-56(50)51-37-36-49-48-30-17-18-32-54(48)67(58(49)59(51)68-55)46-28-15-6-16-29-46/h4,6,9,11,13,15,19-20,22-24,26-28,30-31,33-34,38-39,47,54,60,62,65H,2-3,5,7-8,10,12,14,16-18,21,25,29,32,35-37,63H2,1H3,(H,64,66)/b40-38+,57-53+. The predicted octanol–water partition coefficient (Wildman–Crippen LogP) is 14.6. The van der Waals surface area contributed by atoms with Gasteiger partial charge in [0.25, 0.3) is 0 Å². The lowest BCUT2D eigenvalue weighted by Crippen LogP contribution is -2.56. The number of benzene rings is 1. The highest BCUT2D eigenvalue weighted by Gasteiger charge is 2.43. The molecule has 0 radical (unpaired) electrons. The van der Waals surface area contributed by atoms with Crippen molar-refractivity contribution in [3.05, 3.63) is 199 Å². The SMILES string of the molecule is C/C(=C\C(=C(/N)c1cccc2sc3c(c12)CCC1=C3N(C2=CC=CCC2)C2CCCC=C12)C1NC(C2=CCCC=C2)=NC(C2=CC=CCC2)N1)C1=CC(C2=CCCCC2)=CCC1C1=CCCC=C1. The molecule has 2 aromatic rings. The maximum atomic E-state index is 7.98. The van der Waals surface area contributed by atoms with Crippen molar-refractivity contribution in [2.75, 3.05) is 0 Å². The number of aryl methyl sites for hydroxylation is 1. The van der Waals surface area contributed by atoms with Gasteiger partial charge in [-0.2, -0.15) is 0 Å². The van der Waals surface area contributed by atoms with E-state index < -0.39 is 0 Å². The maximum absolute atomic E-state index is 7.98. The summed E-state index contributed by atoms with van der Waals surface area (Å²) in [6.45, 7) is 2.35.